The molecule has 2 rings (SSSR count). The molecule has 1 aromatic carbocycles. The molecule has 1 aromatic rings. The highest BCUT2D eigenvalue weighted by molar-refractivity contribution is 5.65. The van der Waals surface area contributed by atoms with E-state index in [1.165, 1.54) is 11.0 Å². The molecule has 0 radical (unpaired) electrons. The molecule has 1 aliphatic rings. The van der Waals surface area contributed by atoms with Crippen molar-refractivity contribution in [2.45, 2.75) is 13.0 Å². The van der Waals surface area contributed by atoms with Gasteiger partial charge in [0.1, 0.15) is 0 Å². The lowest BCUT2D eigenvalue weighted by molar-refractivity contribution is 0.0881. The third-order valence-corrected chi connectivity index (χ3v) is 3.64. The van der Waals surface area contributed by atoms with Crippen LogP contribution in [0.2, 0.25) is 0 Å². The summed E-state index contributed by atoms with van der Waals surface area (Å²) in [5, 5.41) is 8.89. The van der Waals surface area contributed by atoms with Crippen LogP contribution in [0.25, 0.3) is 0 Å². The number of carbonyl (C=O) groups is 1. The first-order chi connectivity index (χ1) is 9.00. The number of benzene rings is 1. The predicted molar refractivity (Wildman–Crippen MR) is 70.4 cm³/mol. The third-order valence-electron chi connectivity index (χ3n) is 3.64. The summed E-state index contributed by atoms with van der Waals surface area (Å²) in [5.74, 6) is -0.379. The van der Waals surface area contributed by atoms with Gasteiger partial charge in [0.25, 0.3) is 0 Å². The molecule has 19 heavy (non-hydrogen) atoms. The average Bonchev–Trinajstić information content (AvgIpc) is 2.41. The van der Waals surface area contributed by atoms with E-state index in [2.05, 4.69) is 4.90 Å². The van der Waals surface area contributed by atoms with Crippen LogP contribution < -0.4 is 5.73 Å². The van der Waals surface area contributed by atoms with E-state index in [0.29, 0.717) is 31.7 Å². The van der Waals surface area contributed by atoms with Crippen molar-refractivity contribution >= 4 is 11.8 Å². The van der Waals surface area contributed by atoms with Gasteiger partial charge in [0.05, 0.1) is 5.69 Å². The Kier molecular flexibility index (Phi) is 3.90. The molecule has 0 aliphatic carbocycles. The fourth-order valence-corrected chi connectivity index (χ4v) is 2.39. The van der Waals surface area contributed by atoms with Crippen LogP contribution in [0.1, 0.15) is 18.5 Å². The molecule has 0 bridgehead atoms. The van der Waals surface area contributed by atoms with E-state index in [1.54, 1.807) is 12.1 Å². The topological polar surface area (TPSA) is 69.8 Å². The van der Waals surface area contributed by atoms with Crippen molar-refractivity contribution in [1.82, 2.24) is 9.80 Å². The molecule has 104 valence electrons. The number of amides is 1. The fourth-order valence-electron chi connectivity index (χ4n) is 2.39. The van der Waals surface area contributed by atoms with Crippen LogP contribution in [0.3, 0.4) is 0 Å². The molecule has 0 saturated carbocycles. The van der Waals surface area contributed by atoms with Gasteiger partial charge in [-0.1, -0.05) is 12.1 Å². The van der Waals surface area contributed by atoms with Crippen molar-refractivity contribution in [3.8, 4) is 0 Å². The Bertz CT molecular complexity index is 473. The maximum Gasteiger partial charge on any atom is 0.407 e. The van der Waals surface area contributed by atoms with E-state index in [9.17, 15) is 9.18 Å². The molecule has 5 nitrogen and oxygen atoms in total. The number of nitrogens with zero attached hydrogens (tertiary/aromatic N) is 2. The van der Waals surface area contributed by atoms with Crippen molar-refractivity contribution < 1.29 is 14.3 Å². The Morgan fingerprint density at radius 2 is 2.00 bits per heavy atom. The lowest BCUT2D eigenvalue weighted by Gasteiger charge is -2.37. The monoisotopic (exact) mass is 267 g/mol. The molecule has 0 unspecified atom stereocenters. The van der Waals surface area contributed by atoms with Gasteiger partial charge in [-0.15, -0.1) is 0 Å². The van der Waals surface area contributed by atoms with Crippen LogP contribution in [0.15, 0.2) is 18.2 Å². The standard InChI is InChI=1S/C13H18FN3O2/c1-9(10-3-2-4-11(15)12(10)14)16-5-7-17(8-6-16)13(18)19/h2-4,9H,5-8,15H2,1H3,(H,18,19)/t9-/m0/s1. The fraction of sp³-hybridized carbons (Fsp3) is 0.462. The summed E-state index contributed by atoms with van der Waals surface area (Å²) in [4.78, 5) is 14.3. The predicted octanol–water partition coefficient (Wildman–Crippen LogP) is 1.76. The number of rotatable bonds is 2. The van der Waals surface area contributed by atoms with Gasteiger partial charge in [0, 0.05) is 37.8 Å². The summed E-state index contributed by atoms with van der Waals surface area (Å²) in [6, 6.07) is 4.88. The highest BCUT2D eigenvalue weighted by Crippen LogP contribution is 2.26. The van der Waals surface area contributed by atoms with Gasteiger partial charge in [-0.2, -0.15) is 0 Å². The zero-order valence-corrected chi connectivity index (χ0v) is 10.8. The minimum Gasteiger partial charge on any atom is -0.465 e. The summed E-state index contributed by atoms with van der Waals surface area (Å²) < 4.78 is 14.0. The van der Waals surface area contributed by atoms with Crippen LogP contribution >= 0.6 is 0 Å². The molecule has 1 amide bonds. The van der Waals surface area contributed by atoms with Crippen LogP contribution in [0.4, 0.5) is 14.9 Å². The second-order valence-corrected chi connectivity index (χ2v) is 4.73. The Morgan fingerprint density at radius 3 is 2.58 bits per heavy atom. The summed E-state index contributed by atoms with van der Waals surface area (Å²) in [6.07, 6.45) is -0.901. The first-order valence-corrected chi connectivity index (χ1v) is 6.26. The largest absolute Gasteiger partial charge is 0.465 e. The van der Waals surface area contributed by atoms with Crippen molar-refractivity contribution in [3.63, 3.8) is 0 Å². The Morgan fingerprint density at radius 1 is 1.37 bits per heavy atom. The molecule has 1 heterocycles. The number of hydrogen-bond donors (Lipinski definition) is 2. The molecule has 1 saturated heterocycles. The van der Waals surface area contributed by atoms with Crippen LogP contribution in [-0.2, 0) is 0 Å². The number of hydrogen-bond acceptors (Lipinski definition) is 3. The summed E-state index contributed by atoms with van der Waals surface area (Å²) in [6.45, 7) is 4.00. The lowest BCUT2D eigenvalue weighted by atomic mass is 10.0. The van der Waals surface area contributed by atoms with Gasteiger partial charge in [-0.3, -0.25) is 4.90 Å². The summed E-state index contributed by atoms with van der Waals surface area (Å²) in [7, 11) is 0. The second-order valence-electron chi connectivity index (χ2n) is 4.73. The molecular weight excluding hydrogens is 249 g/mol. The van der Waals surface area contributed by atoms with E-state index in [0.717, 1.165) is 0 Å². The molecule has 1 aliphatic heterocycles. The quantitative estimate of drug-likeness (QED) is 0.801. The molecule has 6 heteroatoms. The maximum absolute atomic E-state index is 14.0. The third kappa shape index (κ3) is 2.78. The number of halogens is 1. The van der Waals surface area contributed by atoms with Crippen molar-refractivity contribution in [1.29, 1.82) is 0 Å². The van der Waals surface area contributed by atoms with Crippen LogP contribution in [0.5, 0.6) is 0 Å². The normalized spacial score (nSPS) is 18.3. The average molecular weight is 267 g/mol. The number of carboxylic acid groups (broad SMARTS) is 1. The van der Waals surface area contributed by atoms with Crippen molar-refractivity contribution in [2.24, 2.45) is 0 Å². The Balaban J connectivity index is 2.07. The number of piperazine rings is 1. The molecular formula is C13H18FN3O2. The molecule has 1 fully saturated rings. The lowest BCUT2D eigenvalue weighted by Crippen LogP contribution is -2.48. The van der Waals surface area contributed by atoms with Gasteiger partial charge < -0.3 is 15.7 Å². The summed E-state index contributed by atoms with van der Waals surface area (Å²) in [5.41, 5.74) is 6.28. The zero-order chi connectivity index (χ0) is 14.0. The zero-order valence-electron chi connectivity index (χ0n) is 10.8. The van der Waals surface area contributed by atoms with Crippen molar-refractivity contribution in [3.05, 3.63) is 29.6 Å². The van der Waals surface area contributed by atoms with E-state index in [4.69, 9.17) is 10.8 Å². The summed E-state index contributed by atoms with van der Waals surface area (Å²) >= 11 is 0. The van der Waals surface area contributed by atoms with E-state index in [-0.39, 0.29) is 17.5 Å². The Labute approximate surface area is 111 Å². The Hall–Kier alpha value is -1.82. The van der Waals surface area contributed by atoms with E-state index in [1.807, 2.05) is 6.92 Å². The highest BCUT2D eigenvalue weighted by Gasteiger charge is 2.25. The van der Waals surface area contributed by atoms with Crippen LogP contribution in [0, 0.1) is 5.82 Å². The van der Waals surface area contributed by atoms with Gasteiger partial charge in [0.15, 0.2) is 5.82 Å². The van der Waals surface area contributed by atoms with E-state index < -0.39 is 6.09 Å². The molecule has 0 aromatic heterocycles. The van der Waals surface area contributed by atoms with Crippen molar-refractivity contribution in [2.75, 3.05) is 31.9 Å². The highest BCUT2D eigenvalue weighted by atomic mass is 19.1. The van der Waals surface area contributed by atoms with Crippen LogP contribution in [-0.4, -0.2) is 47.2 Å². The van der Waals surface area contributed by atoms with Gasteiger partial charge in [-0.25, -0.2) is 9.18 Å². The first-order valence-electron chi connectivity index (χ1n) is 6.26. The minimum absolute atomic E-state index is 0.112. The number of nitrogen functional groups attached to an aromatic ring is 1. The number of anilines is 1. The minimum atomic E-state index is -0.901. The van der Waals surface area contributed by atoms with Gasteiger partial charge in [-0.05, 0) is 13.0 Å². The van der Waals surface area contributed by atoms with Gasteiger partial charge in [0.2, 0.25) is 0 Å². The number of nitrogens with two attached hydrogens (primary N) is 1. The smallest absolute Gasteiger partial charge is 0.407 e. The SMILES string of the molecule is C[C@@H](c1cccc(N)c1F)N1CCN(C(=O)O)CC1. The molecule has 0 spiro atoms. The molecule has 3 N–H and O–H groups in total. The molecule has 1 atom stereocenters. The maximum atomic E-state index is 14.0. The van der Waals surface area contributed by atoms with Gasteiger partial charge >= 0.3 is 6.09 Å². The second kappa shape index (κ2) is 5.44. The van der Waals surface area contributed by atoms with E-state index >= 15 is 0 Å². The first kappa shape index (κ1) is 13.6.